The van der Waals surface area contributed by atoms with Crippen molar-refractivity contribution in [2.45, 2.75) is 46.5 Å². The van der Waals surface area contributed by atoms with Gasteiger partial charge in [0.05, 0.1) is 0 Å². The monoisotopic (exact) mass is 275 g/mol. The van der Waals surface area contributed by atoms with Crippen LogP contribution in [-0.2, 0) is 15.0 Å². The average molecular weight is 276 g/mol. The summed E-state index contributed by atoms with van der Waals surface area (Å²) in [5.41, 5.74) is 4.11. The van der Waals surface area contributed by atoms with E-state index in [9.17, 15) is 0 Å². The van der Waals surface area contributed by atoms with E-state index in [1.807, 2.05) is 5.12 Å². The first-order valence-corrected chi connectivity index (χ1v) is 6.89. The molecule has 0 fully saturated rings. The molecule has 0 radical (unpaired) electrons. The number of para-hydroxylation sites is 1. The van der Waals surface area contributed by atoms with Crippen molar-refractivity contribution in [3.8, 4) is 0 Å². The summed E-state index contributed by atoms with van der Waals surface area (Å²) in [5, 5.41) is 1.81. The van der Waals surface area contributed by atoms with Gasteiger partial charge < -0.3 is 0 Å². The van der Waals surface area contributed by atoms with Gasteiger partial charge in [0.1, 0.15) is 0 Å². The Kier molecular flexibility index (Phi) is 5.40. The van der Waals surface area contributed by atoms with Crippen LogP contribution in [0.5, 0.6) is 0 Å². The molecule has 1 rings (SSSR count). The van der Waals surface area contributed by atoms with Crippen molar-refractivity contribution in [1.82, 2.24) is 0 Å². The zero-order valence-corrected chi connectivity index (χ0v) is 12.4. The number of anilines is 1. The standard InChI is InChI=1S/C15H23N.Ni/c1-7-16(6)15-13(11(2)3)9-8-10-14(15)12(4)5;/h6,8-12H,7H2,1-5H3;. The van der Waals surface area contributed by atoms with E-state index < -0.39 is 0 Å². The van der Waals surface area contributed by atoms with Crippen LogP contribution in [0.3, 0.4) is 0 Å². The minimum atomic E-state index is 0.526. The van der Waals surface area contributed by atoms with E-state index in [0.29, 0.717) is 11.8 Å². The number of rotatable bonds is 5. The summed E-state index contributed by atoms with van der Waals surface area (Å²) in [5.74, 6) is 1.05. The van der Waals surface area contributed by atoms with Crippen LogP contribution < -0.4 is 4.90 Å². The van der Waals surface area contributed by atoms with E-state index in [1.54, 1.807) is 0 Å². The van der Waals surface area contributed by atoms with Crippen LogP contribution in [0.2, 0.25) is 0 Å². The average Bonchev–Trinajstić information content (AvgIpc) is 2.30. The first-order valence-electron chi connectivity index (χ1n) is 6.32. The van der Waals surface area contributed by atoms with Crippen LogP contribution >= 0.6 is 0 Å². The molecule has 0 heterocycles. The molecule has 0 aromatic heterocycles. The predicted octanol–water partition coefficient (Wildman–Crippen LogP) is 4.07. The Balaban J connectivity index is 3.42. The van der Waals surface area contributed by atoms with Gasteiger partial charge in [0, 0.05) is 0 Å². The van der Waals surface area contributed by atoms with Crippen molar-refractivity contribution in [2.24, 2.45) is 0 Å². The topological polar surface area (TPSA) is 3.24 Å². The summed E-state index contributed by atoms with van der Waals surface area (Å²) < 4.78 is 0. The van der Waals surface area contributed by atoms with E-state index >= 15 is 0 Å². The fraction of sp³-hybridized carbons (Fsp3) is 0.533. The Morgan fingerprint density at radius 1 is 1.12 bits per heavy atom. The quantitative estimate of drug-likeness (QED) is 0.733. The fourth-order valence-corrected chi connectivity index (χ4v) is 2.41. The van der Waals surface area contributed by atoms with Gasteiger partial charge >= 0.3 is 113 Å². The van der Waals surface area contributed by atoms with Crippen molar-refractivity contribution in [2.75, 3.05) is 11.4 Å². The van der Waals surface area contributed by atoms with Crippen LogP contribution in [0.15, 0.2) is 18.2 Å². The summed E-state index contributed by atoms with van der Waals surface area (Å²) in [7, 11) is 0. The number of benzene rings is 1. The van der Waals surface area contributed by atoms with Crippen molar-refractivity contribution >= 4 is 10.8 Å². The molecule has 0 aliphatic heterocycles. The second-order valence-corrected chi connectivity index (χ2v) is 5.22. The third-order valence-corrected chi connectivity index (χ3v) is 3.38. The third-order valence-electron chi connectivity index (χ3n) is 3.07. The molecule has 0 atom stereocenters. The summed E-state index contributed by atoms with van der Waals surface area (Å²) in [6, 6.07) is 6.60. The fourth-order valence-electron chi connectivity index (χ4n) is 2.10. The minimum absolute atomic E-state index is 0.526. The number of nitrogens with zero attached hydrogens (tertiary/aromatic N) is 1. The van der Waals surface area contributed by atoms with Gasteiger partial charge in [-0.1, -0.05) is 0 Å². The molecule has 2 heteroatoms. The Labute approximate surface area is 113 Å². The second-order valence-electron chi connectivity index (χ2n) is 4.96. The van der Waals surface area contributed by atoms with E-state index in [-0.39, 0.29) is 0 Å². The van der Waals surface area contributed by atoms with Crippen LogP contribution in [0, 0.1) is 0 Å². The van der Waals surface area contributed by atoms with Gasteiger partial charge in [0.15, 0.2) is 0 Å². The molecular formula is C15H23NNi. The Morgan fingerprint density at radius 2 is 1.59 bits per heavy atom. The van der Waals surface area contributed by atoms with Crippen molar-refractivity contribution < 1.29 is 15.0 Å². The van der Waals surface area contributed by atoms with Crippen LogP contribution in [0.1, 0.15) is 57.6 Å². The molecule has 0 spiro atoms. The van der Waals surface area contributed by atoms with Crippen molar-refractivity contribution in [1.29, 1.82) is 0 Å². The predicted molar refractivity (Wildman–Crippen MR) is 73.7 cm³/mol. The maximum absolute atomic E-state index is 4.84. The number of hydrogen-bond acceptors (Lipinski definition) is 1. The van der Waals surface area contributed by atoms with Gasteiger partial charge in [-0.25, -0.2) is 0 Å². The molecule has 0 unspecified atom stereocenters. The molecule has 1 aromatic carbocycles. The van der Waals surface area contributed by atoms with Gasteiger partial charge in [0.2, 0.25) is 0 Å². The molecular weight excluding hydrogens is 253 g/mol. The van der Waals surface area contributed by atoms with E-state index in [2.05, 4.69) is 57.7 Å². The van der Waals surface area contributed by atoms with Crippen LogP contribution in [-0.4, -0.2) is 11.7 Å². The molecule has 17 heavy (non-hydrogen) atoms. The van der Waals surface area contributed by atoms with Gasteiger partial charge in [-0.2, -0.15) is 0 Å². The molecule has 0 saturated carbocycles. The van der Waals surface area contributed by atoms with E-state index in [1.165, 1.54) is 16.8 Å². The van der Waals surface area contributed by atoms with Crippen LogP contribution in [0.4, 0.5) is 5.69 Å². The Bertz CT molecular complexity index is 356. The summed E-state index contributed by atoms with van der Waals surface area (Å²) in [6.45, 7) is 12.0. The van der Waals surface area contributed by atoms with E-state index in [4.69, 9.17) is 15.0 Å². The van der Waals surface area contributed by atoms with Crippen LogP contribution in [0.25, 0.3) is 0 Å². The van der Waals surface area contributed by atoms with Gasteiger partial charge in [-0.15, -0.1) is 0 Å². The molecule has 0 amide bonds. The Hall–Kier alpha value is -0.616. The molecule has 0 aliphatic carbocycles. The Morgan fingerprint density at radius 3 is 1.88 bits per heavy atom. The molecule has 98 valence electrons. The van der Waals surface area contributed by atoms with Gasteiger partial charge in [0.25, 0.3) is 0 Å². The zero-order valence-electron chi connectivity index (χ0n) is 11.4. The summed E-state index contributed by atoms with van der Waals surface area (Å²) in [4.78, 5) is 2.20. The second kappa shape index (κ2) is 6.35. The molecule has 0 N–H and O–H groups in total. The van der Waals surface area contributed by atoms with Crippen molar-refractivity contribution in [3.63, 3.8) is 0 Å². The van der Waals surface area contributed by atoms with Gasteiger partial charge in [-0.3, -0.25) is 0 Å². The number of hydrogen-bond donors (Lipinski definition) is 0. The van der Waals surface area contributed by atoms with Crippen molar-refractivity contribution in [3.05, 3.63) is 29.3 Å². The normalized spacial score (nSPS) is 11.1. The SMILES string of the molecule is CCN([CH]=[Ni])c1c(C(C)C)cccc1C(C)C. The summed E-state index contributed by atoms with van der Waals surface area (Å²) in [6.07, 6.45) is 0. The zero-order chi connectivity index (χ0) is 13.0. The molecule has 1 aromatic rings. The first kappa shape index (κ1) is 14.4. The van der Waals surface area contributed by atoms with Gasteiger partial charge in [-0.05, 0) is 0 Å². The molecule has 0 saturated heterocycles. The molecule has 1 nitrogen and oxygen atoms in total. The molecule has 0 aliphatic rings. The summed E-state index contributed by atoms with van der Waals surface area (Å²) >= 11 is 4.84. The van der Waals surface area contributed by atoms with E-state index in [0.717, 1.165) is 6.54 Å². The molecule has 0 bridgehead atoms. The third kappa shape index (κ3) is 3.19. The first-order chi connectivity index (χ1) is 8.02. The maximum atomic E-state index is 4.84.